The Hall–Kier alpha value is -2.43. The summed E-state index contributed by atoms with van der Waals surface area (Å²) in [6, 6.07) is 8.86. The Morgan fingerprint density at radius 3 is 2.62 bits per heavy atom. The van der Waals surface area contributed by atoms with Gasteiger partial charge in [0.1, 0.15) is 5.75 Å². The summed E-state index contributed by atoms with van der Waals surface area (Å²) in [6.45, 7) is 2.93. The number of halogens is 1. The van der Waals surface area contributed by atoms with Gasteiger partial charge in [-0.15, -0.1) is 0 Å². The summed E-state index contributed by atoms with van der Waals surface area (Å²) in [7, 11) is 1.64. The topological polar surface area (TPSA) is 42.4 Å². The van der Waals surface area contributed by atoms with E-state index in [1.807, 2.05) is 31.2 Å². The third-order valence-electron chi connectivity index (χ3n) is 3.00. The molecular weight excluding hydrogens is 271 g/mol. The molecule has 0 fully saturated rings. The van der Waals surface area contributed by atoms with Gasteiger partial charge in [-0.2, -0.15) is 0 Å². The Labute approximate surface area is 123 Å². The zero-order valence-electron chi connectivity index (χ0n) is 12.0. The lowest BCUT2D eigenvalue weighted by Gasteiger charge is -2.17. The van der Waals surface area contributed by atoms with Crippen LogP contribution >= 0.6 is 0 Å². The number of hydrogen-bond donors (Lipinski definition) is 0. The lowest BCUT2D eigenvalue weighted by atomic mass is 10.2. The van der Waals surface area contributed by atoms with Crippen molar-refractivity contribution >= 4 is 5.91 Å². The summed E-state index contributed by atoms with van der Waals surface area (Å²) < 4.78 is 18.9. The maximum Gasteiger partial charge on any atom is 0.256 e. The van der Waals surface area contributed by atoms with Gasteiger partial charge in [0.05, 0.1) is 18.4 Å². The summed E-state index contributed by atoms with van der Waals surface area (Å²) in [5.74, 6) is -0.194. The minimum atomic E-state index is -0.610. The van der Waals surface area contributed by atoms with E-state index in [4.69, 9.17) is 4.74 Å². The molecule has 4 nitrogen and oxygen atoms in total. The van der Waals surface area contributed by atoms with Gasteiger partial charge < -0.3 is 9.64 Å². The fourth-order valence-corrected chi connectivity index (χ4v) is 1.96. The first-order valence-corrected chi connectivity index (χ1v) is 6.68. The lowest BCUT2D eigenvalue weighted by Crippen LogP contribution is -2.27. The molecule has 0 N–H and O–H groups in total. The first kappa shape index (κ1) is 15.0. The van der Waals surface area contributed by atoms with Crippen LogP contribution in [0.3, 0.4) is 0 Å². The van der Waals surface area contributed by atoms with Crippen LogP contribution in [0.2, 0.25) is 0 Å². The molecule has 0 radical (unpaired) electrons. The van der Waals surface area contributed by atoms with Crippen molar-refractivity contribution in [1.29, 1.82) is 0 Å². The highest BCUT2D eigenvalue weighted by molar-refractivity contribution is 5.94. The van der Waals surface area contributed by atoms with Crippen LogP contribution in [0.4, 0.5) is 4.39 Å². The van der Waals surface area contributed by atoms with Crippen molar-refractivity contribution in [1.82, 2.24) is 9.88 Å². The van der Waals surface area contributed by atoms with Gasteiger partial charge in [0, 0.05) is 19.8 Å². The van der Waals surface area contributed by atoms with Gasteiger partial charge >= 0.3 is 0 Å². The Bertz CT molecular complexity index is 614. The van der Waals surface area contributed by atoms with E-state index in [0.29, 0.717) is 13.2 Å². The maximum absolute atomic E-state index is 13.6. The van der Waals surface area contributed by atoms with Crippen LogP contribution in [-0.2, 0) is 6.54 Å². The molecule has 0 saturated heterocycles. The van der Waals surface area contributed by atoms with Gasteiger partial charge in [-0.1, -0.05) is 12.1 Å². The highest BCUT2D eigenvalue weighted by Gasteiger charge is 2.16. The zero-order valence-corrected chi connectivity index (χ0v) is 12.0. The Morgan fingerprint density at radius 1 is 1.29 bits per heavy atom. The molecule has 1 amide bonds. The smallest absolute Gasteiger partial charge is 0.256 e. The normalized spacial score (nSPS) is 10.2. The molecule has 0 aliphatic carbocycles. The van der Waals surface area contributed by atoms with Crippen LogP contribution in [-0.4, -0.2) is 29.4 Å². The number of amides is 1. The van der Waals surface area contributed by atoms with Crippen molar-refractivity contribution in [2.75, 3.05) is 13.7 Å². The molecule has 1 heterocycles. The minimum Gasteiger partial charge on any atom is -0.494 e. The number of hydrogen-bond acceptors (Lipinski definition) is 3. The molecule has 110 valence electrons. The van der Waals surface area contributed by atoms with E-state index < -0.39 is 5.82 Å². The van der Waals surface area contributed by atoms with Crippen LogP contribution in [0.15, 0.2) is 42.7 Å². The van der Waals surface area contributed by atoms with Crippen LogP contribution in [0.5, 0.6) is 5.75 Å². The summed E-state index contributed by atoms with van der Waals surface area (Å²) in [5.41, 5.74) is 0.974. The van der Waals surface area contributed by atoms with Crippen molar-refractivity contribution in [2.45, 2.75) is 13.5 Å². The molecule has 0 saturated carbocycles. The number of carbonyl (C=O) groups is 1. The largest absolute Gasteiger partial charge is 0.494 e. The van der Waals surface area contributed by atoms with Gasteiger partial charge in [-0.3, -0.25) is 9.78 Å². The highest BCUT2D eigenvalue weighted by atomic mass is 19.1. The van der Waals surface area contributed by atoms with Gasteiger partial charge in [0.2, 0.25) is 0 Å². The Kier molecular flexibility index (Phi) is 4.87. The predicted molar refractivity (Wildman–Crippen MR) is 77.6 cm³/mol. The molecule has 0 unspecified atom stereocenters. The number of pyridine rings is 1. The summed E-state index contributed by atoms with van der Waals surface area (Å²) in [5, 5.41) is 0. The second kappa shape index (κ2) is 6.83. The Morgan fingerprint density at radius 2 is 2.00 bits per heavy atom. The second-order valence-electron chi connectivity index (χ2n) is 4.59. The number of nitrogens with zero attached hydrogens (tertiary/aromatic N) is 2. The maximum atomic E-state index is 13.6. The molecule has 2 rings (SSSR count). The highest BCUT2D eigenvalue weighted by Crippen LogP contribution is 2.15. The summed E-state index contributed by atoms with van der Waals surface area (Å²) >= 11 is 0. The number of aromatic nitrogens is 1. The van der Waals surface area contributed by atoms with E-state index in [-0.39, 0.29) is 11.5 Å². The third kappa shape index (κ3) is 3.78. The van der Waals surface area contributed by atoms with Crippen molar-refractivity contribution in [3.63, 3.8) is 0 Å². The molecule has 0 spiro atoms. The molecule has 0 bridgehead atoms. The zero-order chi connectivity index (χ0) is 15.2. The second-order valence-corrected chi connectivity index (χ2v) is 4.59. The molecule has 1 aromatic carbocycles. The fourth-order valence-electron chi connectivity index (χ4n) is 1.96. The number of benzene rings is 1. The average molecular weight is 288 g/mol. The van der Waals surface area contributed by atoms with Crippen molar-refractivity contribution in [3.05, 3.63) is 59.7 Å². The molecule has 0 aliphatic heterocycles. The van der Waals surface area contributed by atoms with E-state index in [2.05, 4.69) is 4.98 Å². The van der Waals surface area contributed by atoms with E-state index in [1.54, 1.807) is 7.05 Å². The number of ether oxygens (including phenoxy) is 1. The summed E-state index contributed by atoms with van der Waals surface area (Å²) in [4.78, 5) is 17.3. The SMILES string of the molecule is CCOc1ccc(CN(C)C(=O)c2ccncc2F)cc1. The van der Waals surface area contributed by atoms with Crippen LogP contribution in [0.1, 0.15) is 22.8 Å². The third-order valence-corrected chi connectivity index (χ3v) is 3.00. The average Bonchev–Trinajstić information content (AvgIpc) is 2.49. The van der Waals surface area contributed by atoms with E-state index in [0.717, 1.165) is 17.5 Å². The quantitative estimate of drug-likeness (QED) is 0.849. The van der Waals surface area contributed by atoms with Crippen molar-refractivity contribution in [2.24, 2.45) is 0 Å². The van der Waals surface area contributed by atoms with Crippen LogP contribution < -0.4 is 4.74 Å². The fraction of sp³-hybridized carbons (Fsp3) is 0.250. The number of rotatable bonds is 5. The van der Waals surface area contributed by atoms with Crippen LogP contribution in [0, 0.1) is 5.82 Å². The molecule has 2 aromatic rings. The molecule has 21 heavy (non-hydrogen) atoms. The number of carbonyl (C=O) groups excluding carboxylic acids is 1. The first-order chi connectivity index (χ1) is 10.1. The van der Waals surface area contributed by atoms with Gasteiger partial charge in [0.15, 0.2) is 5.82 Å². The molecule has 0 atom stereocenters. The molecule has 1 aromatic heterocycles. The molecule has 0 aliphatic rings. The summed E-state index contributed by atoms with van der Waals surface area (Å²) in [6.07, 6.45) is 2.44. The monoisotopic (exact) mass is 288 g/mol. The van der Waals surface area contributed by atoms with Crippen LogP contribution in [0.25, 0.3) is 0 Å². The van der Waals surface area contributed by atoms with E-state index in [1.165, 1.54) is 17.2 Å². The molecule has 5 heteroatoms. The first-order valence-electron chi connectivity index (χ1n) is 6.68. The van der Waals surface area contributed by atoms with E-state index in [9.17, 15) is 9.18 Å². The van der Waals surface area contributed by atoms with Crippen molar-refractivity contribution in [3.8, 4) is 5.75 Å². The van der Waals surface area contributed by atoms with Gasteiger partial charge in [-0.05, 0) is 30.7 Å². The van der Waals surface area contributed by atoms with E-state index >= 15 is 0 Å². The standard InChI is InChI=1S/C16H17FN2O2/c1-3-21-13-6-4-12(5-7-13)11-19(2)16(20)14-8-9-18-10-15(14)17/h4-10H,3,11H2,1-2H3. The Balaban J connectivity index is 2.05. The van der Waals surface area contributed by atoms with Gasteiger partial charge in [0.25, 0.3) is 5.91 Å². The molecular formula is C16H17FN2O2. The lowest BCUT2D eigenvalue weighted by molar-refractivity contribution is 0.0780. The predicted octanol–water partition coefficient (Wildman–Crippen LogP) is 2.89. The minimum absolute atomic E-state index is 0.0263. The van der Waals surface area contributed by atoms with Crippen molar-refractivity contribution < 1.29 is 13.9 Å². The van der Waals surface area contributed by atoms with Gasteiger partial charge in [-0.25, -0.2) is 4.39 Å².